The van der Waals surface area contributed by atoms with Crippen molar-refractivity contribution in [2.75, 3.05) is 19.4 Å². The Morgan fingerprint density at radius 2 is 2.04 bits per heavy atom. The summed E-state index contributed by atoms with van der Waals surface area (Å²) in [5, 5.41) is 17.7. The van der Waals surface area contributed by atoms with Crippen LogP contribution in [0.3, 0.4) is 0 Å². The lowest BCUT2D eigenvalue weighted by atomic mass is 10.0. The Hall–Kier alpha value is -3.08. The van der Waals surface area contributed by atoms with Crippen molar-refractivity contribution in [3.63, 3.8) is 0 Å². The molecule has 144 valence electrons. The van der Waals surface area contributed by atoms with Crippen molar-refractivity contribution in [3.8, 4) is 34.3 Å². The van der Waals surface area contributed by atoms with Crippen LogP contribution in [-0.2, 0) is 13.1 Å². The van der Waals surface area contributed by atoms with Crippen molar-refractivity contribution in [2.45, 2.75) is 19.5 Å². The lowest BCUT2D eigenvalue weighted by Crippen LogP contribution is -2.11. The van der Waals surface area contributed by atoms with Gasteiger partial charge in [-0.2, -0.15) is 10.4 Å². The summed E-state index contributed by atoms with van der Waals surface area (Å²) in [6, 6.07) is 13.7. The van der Waals surface area contributed by atoms with Gasteiger partial charge >= 0.3 is 0 Å². The smallest absolute Gasteiger partial charge is 0.142 e. The number of aromatic nitrogens is 3. The Labute approximate surface area is 169 Å². The van der Waals surface area contributed by atoms with Gasteiger partial charge in [-0.25, -0.2) is 4.98 Å². The first kappa shape index (κ1) is 19.7. The van der Waals surface area contributed by atoms with Crippen molar-refractivity contribution < 1.29 is 4.74 Å². The summed E-state index contributed by atoms with van der Waals surface area (Å²) in [5.41, 5.74) is 10.5. The Morgan fingerprint density at radius 1 is 1.21 bits per heavy atom. The quantitative estimate of drug-likeness (QED) is 0.705. The molecule has 3 N–H and O–H groups in total. The number of para-hydroxylation sites is 1. The fraction of sp³-hybridized carbons (Fsp3) is 0.250. The highest BCUT2D eigenvalue weighted by Crippen LogP contribution is 2.34. The van der Waals surface area contributed by atoms with Gasteiger partial charge in [-0.1, -0.05) is 12.1 Å². The third kappa shape index (κ3) is 3.52. The number of aryl methyl sites for hydroxylation is 1. The lowest BCUT2D eigenvalue weighted by molar-refractivity contribution is 0.416. The first-order valence-corrected chi connectivity index (χ1v) is 8.83. The molecule has 28 heavy (non-hydrogen) atoms. The minimum absolute atomic E-state index is 0. The van der Waals surface area contributed by atoms with E-state index in [1.807, 2.05) is 41.1 Å². The molecule has 0 aliphatic carbocycles. The molecule has 0 radical (unpaired) electrons. The third-order valence-corrected chi connectivity index (χ3v) is 4.71. The standard InChI is InChI=1S/C20H20N6O.ClH/c1-27-19-6-3-2-5-14(19)17-10-15(16(11-21)20(22)24-17)18-9-13-12-23-7-4-8-26(13)25-18;/h2-3,5-6,9-10,23H,4,7-8,12H2,1H3,(H2,22,24);1H. The number of nitriles is 1. The van der Waals surface area contributed by atoms with Gasteiger partial charge in [0.25, 0.3) is 0 Å². The van der Waals surface area contributed by atoms with E-state index in [1.54, 1.807) is 7.11 Å². The van der Waals surface area contributed by atoms with Crippen LogP contribution in [0.15, 0.2) is 36.4 Å². The molecule has 1 aromatic carbocycles. The van der Waals surface area contributed by atoms with Crippen LogP contribution in [0, 0.1) is 11.3 Å². The number of fused-ring (bicyclic) bond motifs is 1. The van der Waals surface area contributed by atoms with Crippen molar-refractivity contribution in [2.24, 2.45) is 0 Å². The van der Waals surface area contributed by atoms with E-state index in [0.717, 1.165) is 43.0 Å². The van der Waals surface area contributed by atoms with Crippen LogP contribution in [0.1, 0.15) is 17.7 Å². The van der Waals surface area contributed by atoms with E-state index in [2.05, 4.69) is 16.4 Å². The van der Waals surface area contributed by atoms with E-state index in [4.69, 9.17) is 15.6 Å². The molecule has 3 heterocycles. The van der Waals surface area contributed by atoms with Crippen LogP contribution in [0.2, 0.25) is 0 Å². The zero-order valence-electron chi connectivity index (χ0n) is 15.5. The van der Waals surface area contributed by atoms with Crippen molar-refractivity contribution >= 4 is 18.2 Å². The molecule has 2 aromatic heterocycles. The molecular weight excluding hydrogens is 376 g/mol. The van der Waals surface area contributed by atoms with E-state index in [1.165, 1.54) is 0 Å². The van der Waals surface area contributed by atoms with Crippen LogP contribution < -0.4 is 15.8 Å². The van der Waals surface area contributed by atoms with Crippen LogP contribution in [-0.4, -0.2) is 28.4 Å². The second kappa shape index (κ2) is 8.30. The average Bonchev–Trinajstić information content (AvgIpc) is 2.97. The number of benzene rings is 1. The maximum Gasteiger partial charge on any atom is 0.142 e. The van der Waals surface area contributed by atoms with E-state index >= 15 is 0 Å². The maximum absolute atomic E-state index is 9.63. The number of rotatable bonds is 3. The molecule has 0 bridgehead atoms. The fourth-order valence-electron chi connectivity index (χ4n) is 3.37. The normalized spacial score (nSPS) is 13.0. The molecule has 0 amide bonds. The fourth-order valence-corrected chi connectivity index (χ4v) is 3.37. The Morgan fingerprint density at radius 3 is 2.82 bits per heavy atom. The third-order valence-electron chi connectivity index (χ3n) is 4.71. The minimum Gasteiger partial charge on any atom is -0.496 e. The van der Waals surface area contributed by atoms with Crippen LogP contribution in [0.4, 0.5) is 5.82 Å². The summed E-state index contributed by atoms with van der Waals surface area (Å²) < 4.78 is 7.44. The summed E-state index contributed by atoms with van der Waals surface area (Å²) in [5.74, 6) is 0.891. The van der Waals surface area contributed by atoms with Gasteiger partial charge in [-0.3, -0.25) is 4.68 Å². The number of anilines is 1. The monoisotopic (exact) mass is 396 g/mol. The molecule has 0 saturated carbocycles. The van der Waals surface area contributed by atoms with Crippen molar-refractivity contribution in [1.29, 1.82) is 5.26 Å². The molecule has 0 saturated heterocycles. The summed E-state index contributed by atoms with van der Waals surface area (Å²) >= 11 is 0. The number of methoxy groups -OCH3 is 1. The number of nitrogens with two attached hydrogens (primary N) is 1. The number of hydrogen-bond acceptors (Lipinski definition) is 6. The first-order chi connectivity index (χ1) is 13.2. The number of pyridine rings is 1. The molecule has 1 aliphatic rings. The summed E-state index contributed by atoms with van der Waals surface area (Å²) in [7, 11) is 1.62. The van der Waals surface area contributed by atoms with E-state index in [-0.39, 0.29) is 18.2 Å². The van der Waals surface area contributed by atoms with E-state index in [9.17, 15) is 5.26 Å². The van der Waals surface area contributed by atoms with E-state index in [0.29, 0.717) is 22.6 Å². The zero-order valence-corrected chi connectivity index (χ0v) is 16.3. The highest BCUT2D eigenvalue weighted by molar-refractivity contribution is 5.85. The molecule has 8 heteroatoms. The van der Waals surface area contributed by atoms with Gasteiger partial charge in [0.1, 0.15) is 23.2 Å². The largest absolute Gasteiger partial charge is 0.496 e. The molecule has 0 atom stereocenters. The van der Waals surface area contributed by atoms with Crippen molar-refractivity contribution in [1.82, 2.24) is 20.1 Å². The number of nitrogen functional groups attached to an aromatic ring is 1. The summed E-state index contributed by atoms with van der Waals surface area (Å²) in [6.45, 7) is 2.58. The molecule has 7 nitrogen and oxygen atoms in total. The van der Waals surface area contributed by atoms with Gasteiger partial charge in [0.05, 0.1) is 24.2 Å². The van der Waals surface area contributed by atoms with E-state index < -0.39 is 0 Å². The van der Waals surface area contributed by atoms with Gasteiger partial charge in [0.2, 0.25) is 0 Å². The van der Waals surface area contributed by atoms with Crippen LogP contribution in [0.5, 0.6) is 5.75 Å². The number of hydrogen-bond donors (Lipinski definition) is 2. The summed E-state index contributed by atoms with van der Waals surface area (Å²) in [6.07, 6.45) is 1.02. The van der Waals surface area contributed by atoms with Crippen molar-refractivity contribution in [3.05, 3.63) is 47.7 Å². The molecule has 0 spiro atoms. The zero-order chi connectivity index (χ0) is 18.8. The highest BCUT2D eigenvalue weighted by Gasteiger charge is 2.19. The van der Waals surface area contributed by atoms with Crippen LogP contribution in [0.25, 0.3) is 22.5 Å². The van der Waals surface area contributed by atoms with Crippen LogP contribution >= 0.6 is 12.4 Å². The predicted molar refractivity (Wildman–Crippen MR) is 110 cm³/mol. The minimum atomic E-state index is 0. The predicted octanol–water partition coefficient (Wildman–Crippen LogP) is 2.99. The Kier molecular flexibility index (Phi) is 5.83. The van der Waals surface area contributed by atoms with Gasteiger partial charge in [0, 0.05) is 24.2 Å². The van der Waals surface area contributed by atoms with Gasteiger partial charge in [-0.05, 0) is 37.2 Å². The molecule has 0 fully saturated rings. The highest BCUT2D eigenvalue weighted by atomic mass is 35.5. The summed E-state index contributed by atoms with van der Waals surface area (Å²) in [4.78, 5) is 4.43. The number of halogens is 1. The second-order valence-corrected chi connectivity index (χ2v) is 6.40. The van der Waals surface area contributed by atoms with Gasteiger partial charge in [0.15, 0.2) is 0 Å². The Balaban J connectivity index is 0.00000225. The number of nitrogens with one attached hydrogen (secondary N) is 1. The topological polar surface area (TPSA) is 102 Å². The average molecular weight is 397 g/mol. The molecular formula is C20H21ClN6O. The Bertz CT molecular complexity index is 1020. The molecule has 4 rings (SSSR count). The molecule has 0 unspecified atom stereocenters. The van der Waals surface area contributed by atoms with Gasteiger partial charge < -0.3 is 15.8 Å². The molecule has 3 aromatic rings. The second-order valence-electron chi connectivity index (χ2n) is 6.40. The van der Waals surface area contributed by atoms with Gasteiger partial charge in [-0.15, -0.1) is 12.4 Å². The maximum atomic E-state index is 9.63. The molecule has 1 aliphatic heterocycles. The lowest BCUT2D eigenvalue weighted by Gasteiger charge is -2.11. The number of nitrogens with zero attached hydrogens (tertiary/aromatic N) is 4. The SMILES string of the molecule is COc1ccccc1-c1cc(-c2cc3n(n2)CCCNC3)c(C#N)c(N)n1.Cl. The first-order valence-electron chi connectivity index (χ1n) is 8.83. The number of ether oxygens (including phenoxy) is 1.